The first kappa shape index (κ1) is 16.3. The van der Waals surface area contributed by atoms with E-state index in [1.807, 2.05) is 45.9 Å². The summed E-state index contributed by atoms with van der Waals surface area (Å²) in [6.45, 7) is 8.47. The van der Waals surface area contributed by atoms with E-state index in [0.29, 0.717) is 18.1 Å². The lowest BCUT2D eigenvalue weighted by molar-refractivity contribution is 0.0244. The van der Waals surface area contributed by atoms with Gasteiger partial charge in [0.25, 0.3) is 0 Å². The molecule has 106 valence electrons. The topological polar surface area (TPSA) is 29.5 Å². The molecular formula is C14H19BrClNO2. The van der Waals surface area contributed by atoms with Crippen LogP contribution in [0.15, 0.2) is 22.7 Å². The van der Waals surface area contributed by atoms with E-state index in [1.165, 1.54) is 0 Å². The number of halogens is 2. The second-order valence-corrected chi connectivity index (χ2v) is 6.44. The monoisotopic (exact) mass is 347 g/mol. The third kappa shape index (κ3) is 5.03. The predicted molar refractivity (Wildman–Crippen MR) is 81.5 cm³/mol. The number of rotatable bonds is 3. The zero-order valence-corrected chi connectivity index (χ0v) is 14.0. The van der Waals surface area contributed by atoms with Gasteiger partial charge in [-0.3, -0.25) is 0 Å². The maximum atomic E-state index is 12.0. The number of carbonyl (C=O) groups is 1. The van der Waals surface area contributed by atoms with Crippen molar-refractivity contribution in [3.8, 4) is 0 Å². The van der Waals surface area contributed by atoms with Gasteiger partial charge in [-0.1, -0.05) is 23.7 Å². The maximum Gasteiger partial charge on any atom is 0.410 e. The van der Waals surface area contributed by atoms with Crippen molar-refractivity contribution in [3.63, 3.8) is 0 Å². The molecule has 0 aliphatic heterocycles. The molecule has 0 unspecified atom stereocenters. The minimum absolute atomic E-state index is 0.328. The Morgan fingerprint density at radius 1 is 1.42 bits per heavy atom. The number of hydrogen-bond donors (Lipinski definition) is 0. The molecule has 0 radical (unpaired) electrons. The third-order valence-corrected chi connectivity index (χ3v) is 3.76. The van der Waals surface area contributed by atoms with Crippen molar-refractivity contribution in [2.45, 2.75) is 39.8 Å². The molecule has 0 N–H and O–H groups in total. The standard InChI is InChI=1S/C14H19BrClNO2/c1-5-17(13(18)19-14(2,3)4)9-10-7-6-8-11(15)12(10)16/h6-8H,5,9H2,1-4H3. The normalized spacial score (nSPS) is 11.3. The molecule has 0 aliphatic carbocycles. The Bertz CT molecular complexity index is 457. The highest BCUT2D eigenvalue weighted by Gasteiger charge is 2.21. The highest BCUT2D eigenvalue weighted by Crippen LogP contribution is 2.27. The van der Waals surface area contributed by atoms with Gasteiger partial charge in [0.15, 0.2) is 0 Å². The van der Waals surface area contributed by atoms with Crippen molar-refractivity contribution in [1.29, 1.82) is 0 Å². The molecule has 0 bridgehead atoms. The molecule has 1 rings (SSSR count). The molecule has 3 nitrogen and oxygen atoms in total. The molecule has 0 saturated carbocycles. The minimum Gasteiger partial charge on any atom is -0.444 e. The molecule has 19 heavy (non-hydrogen) atoms. The van der Waals surface area contributed by atoms with Gasteiger partial charge in [0.1, 0.15) is 5.60 Å². The summed E-state index contributed by atoms with van der Waals surface area (Å²) >= 11 is 9.58. The first-order valence-corrected chi connectivity index (χ1v) is 7.32. The van der Waals surface area contributed by atoms with Crippen molar-refractivity contribution in [1.82, 2.24) is 4.90 Å². The smallest absolute Gasteiger partial charge is 0.410 e. The van der Waals surface area contributed by atoms with Crippen LogP contribution >= 0.6 is 27.5 Å². The van der Waals surface area contributed by atoms with E-state index in [2.05, 4.69) is 15.9 Å². The van der Waals surface area contributed by atoms with Crippen LogP contribution in [0.3, 0.4) is 0 Å². The van der Waals surface area contributed by atoms with Crippen LogP contribution < -0.4 is 0 Å². The van der Waals surface area contributed by atoms with Crippen LogP contribution in [0.1, 0.15) is 33.3 Å². The van der Waals surface area contributed by atoms with Crippen molar-refractivity contribution < 1.29 is 9.53 Å². The SMILES string of the molecule is CCN(Cc1cccc(Br)c1Cl)C(=O)OC(C)(C)C. The van der Waals surface area contributed by atoms with E-state index in [4.69, 9.17) is 16.3 Å². The first-order valence-electron chi connectivity index (χ1n) is 6.15. The van der Waals surface area contributed by atoms with Gasteiger partial charge in [-0.25, -0.2) is 4.79 Å². The molecule has 5 heteroatoms. The Balaban J connectivity index is 2.82. The number of benzene rings is 1. The summed E-state index contributed by atoms with van der Waals surface area (Å²) in [5.41, 5.74) is 0.398. The fourth-order valence-electron chi connectivity index (χ4n) is 1.51. The fourth-order valence-corrected chi connectivity index (χ4v) is 2.10. The summed E-state index contributed by atoms with van der Waals surface area (Å²) in [6, 6.07) is 5.67. The molecule has 0 saturated heterocycles. The average Bonchev–Trinajstić information content (AvgIpc) is 2.28. The van der Waals surface area contributed by atoms with Crippen LogP contribution in [0.2, 0.25) is 5.02 Å². The van der Waals surface area contributed by atoms with E-state index in [1.54, 1.807) is 4.90 Å². The van der Waals surface area contributed by atoms with Gasteiger partial charge < -0.3 is 9.64 Å². The molecule has 0 fully saturated rings. The van der Waals surface area contributed by atoms with Crippen LogP contribution in [-0.2, 0) is 11.3 Å². The quantitative estimate of drug-likeness (QED) is 0.780. The van der Waals surface area contributed by atoms with E-state index in [0.717, 1.165) is 10.0 Å². The maximum absolute atomic E-state index is 12.0. The van der Waals surface area contributed by atoms with Gasteiger partial charge in [-0.05, 0) is 55.3 Å². The highest BCUT2D eigenvalue weighted by molar-refractivity contribution is 9.10. The summed E-state index contributed by atoms with van der Waals surface area (Å²) in [5.74, 6) is 0. The zero-order chi connectivity index (χ0) is 14.6. The van der Waals surface area contributed by atoms with Gasteiger partial charge in [0, 0.05) is 11.0 Å². The molecule has 0 aliphatic rings. The summed E-state index contributed by atoms with van der Waals surface area (Å²) in [5, 5.41) is 0.629. The predicted octanol–water partition coefficient (Wildman–Crippen LogP) is 4.86. The number of nitrogens with zero attached hydrogens (tertiary/aromatic N) is 1. The summed E-state index contributed by atoms with van der Waals surface area (Å²) in [7, 11) is 0. The Labute approximate surface area is 128 Å². The lowest BCUT2D eigenvalue weighted by Gasteiger charge is -2.26. The second kappa shape index (κ2) is 6.62. The number of carbonyl (C=O) groups excluding carboxylic acids is 1. The van der Waals surface area contributed by atoms with Crippen molar-refractivity contribution in [2.24, 2.45) is 0 Å². The first-order chi connectivity index (χ1) is 8.74. The molecule has 1 amide bonds. The molecular weight excluding hydrogens is 330 g/mol. The van der Waals surface area contributed by atoms with Crippen LogP contribution in [0, 0.1) is 0 Å². The highest BCUT2D eigenvalue weighted by atomic mass is 79.9. The molecule has 1 aromatic rings. The molecule has 0 heterocycles. The average molecular weight is 349 g/mol. The fraction of sp³-hybridized carbons (Fsp3) is 0.500. The Morgan fingerprint density at radius 2 is 2.05 bits per heavy atom. The molecule has 0 aromatic heterocycles. The molecule has 1 aromatic carbocycles. The van der Waals surface area contributed by atoms with Gasteiger partial charge in [-0.2, -0.15) is 0 Å². The van der Waals surface area contributed by atoms with E-state index < -0.39 is 5.60 Å². The van der Waals surface area contributed by atoms with Crippen molar-refractivity contribution in [2.75, 3.05) is 6.54 Å². The van der Waals surface area contributed by atoms with E-state index >= 15 is 0 Å². The second-order valence-electron chi connectivity index (χ2n) is 5.21. The van der Waals surface area contributed by atoms with Gasteiger partial charge in [-0.15, -0.1) is 0 Å². The molecule has 0 spiro atoms. The summed E-state index contributed by atoms with van der Waals surface area (Å²) in [4.78, 5) is 13.7. The van der Waals surface area contributed by atoms with Gasteiger partial charge >= 0.3 is 6.09 Å². The zero-order valence-electron chi connectivity index (χ0n) is 11.7. The lowest BCUT2D eigenvalue weighted by atomic mass is 10.2. The van der Waals surface area contributed by atoms with Crippen molar-refractivity contribution >= 4 is 33.6 Å². The van der Waals surface area contributed by atoms with Crippen LogP contribution in [0.4, 0.5) is 4.79 Å². The number of ether oxygens (including phenoxy) is 1. The molecule has 0 atom stereocenters. The van der Waals surface area contributed by atoms with Crippen LogP contribution in [-0.4, -0.2) is 23.1 Å². The Morgan fingerprint density at radius 3 is 2.58 bits per heavy atom. The number of hydrogen-bond acceptors (Lipinski definition) is 2. The third-order valence-electron chi connectivity index (χ3n) is 2.43. The minimum atomic E-state index is -0.494. The summed E-state index contributed by atoms with van der Waals surface area (Å²) < 4.78 is 6.19. The van der Waals surface area contributed by atoms with Gasteiger partial charge in [0.2, 0.25) is 0 Å². The number of amides is 1. The lowest BCUT2D eigenvalue weighted by Crippen LogP contribution is -2.36. The largest absolute Gasteiger partial charge is 0.444 e. The van der Waals surface area contributed by atoms with E-state index in [-0.39, 0.29) is 6.09 Å². The Hall–Kier alpha value is -0.740. The summed E-state index contributed by atoms with van der Waals surface area (Å²) in [6.07, 6.45) is -0.328. The van der Waals surface area contributed by atoms with Crippen molar-refractivity contribution in [3.05, 3.63) is 33.3 Å². The van der Waals surface area contributed by atoms with Crippen LogP contribution in [0.25, 0.3) is 0 Å². The Kier molecular flexibility index (Phi) is 5.68. The van der Waals surface area contributed by atoms with Gasteiger partial charge in [0.05, 0.1) is 11.6 Å². The van der Waals surface area contributed by atoms with E-state index in [9.17, 15) is 4.79 Å². The van der Waals surface area contributed by atoms with Crippen LogP contribution in [0.5, 0.6) is 0 Å².